The Kier molecular flexibility index (Phi) is 7.33. The van der Waals surface area contributed by atoms with E-state index in [0.717, 1.165) is 10.0 Å². The Hall–Kier alpha value is -2.21. The molecule has 0 fully saturated rings. The van der Waals surface area contributed by atoms with E-state index in [9.17, 15) is 4.79 Å². The molecule has 2 aromatic rings. The zero-order valence-corrected chi connectivity index (χ0v) is 17.1. The van der Waals surface area contributed by atoms with E-state index in [1.807, 2.05) is 32.0 Å². The molecule has 6 heteroatoms. The minimum Gasteiger partial charge on any atom is -0.496 e. The van der Waals surface area contributed by atoms with Crippen molar-refractivity contribution in [3.05, 3.63) is 52.0 Å². The minimum atomic E-state index is -0.0382. The predicted molar refractivity (Wildman–Crippen MR) is 105 cm³/mol. The number of methoxy groups -OCH3 is 2. The normalized spacial score (nSPS) is 10.3. The van der Waals surface area contributed by atoms with Gasteiger partial charge in [0.1, 0.15) is 5.75 Å². The van der Waals surface area contributed by atoms with Crippen molar-refractivity contribution in [2.45, 2.75) is 20.4 Å². The monoisotopic (exact) mass is 421 g/mol. The van der Waals surface area contributed by atoms with E-state index in [-0.39, 0.29) is 5.91 Å². The highest BCUT2D eigenvalue weighted by molar-refractivity contribution is 9.10. The molecule has 0 saturated heterocycles. The third kappa shape index (κ3) is 4.69. The summed E-state index contributed by atoms with van der Waals surface area (Å²) in [5, 5.41) is 0. The summed E-state index contributed by atoms with van der Waals surface area (Å²) in [6.45, 7) is 5.54. The standard InChI is InChI=1S/C20H24BrNO4/c1-5-22(20(23)15-8-10-17(24-3)16(21)12-15)13-14-7-9-18(26-6-2)19(11-14)25-4/h7-12H,5-6,13H2,1-4H3. The summed E-state index contributed by atoms with van der Waals surface area (Å²) >= 11 is 3.43. The maximum Gasteiger partial charge on any atom is 0.254 e. The summed E-state index contributed by atoms with van der Waals surface area (Å²) in [5.74, 6) is 2.02. The van der Waals surface area contributed by atoms with Gasteiger partial charge in [0, 0.05) is 18.7 Å². The molecule has 0 spiro atoms. The highest BCUT2D eigenvalue weighted by Crippen LogP contribution is 2.29. The summed E-state index contributed by atoms with van der Waals surface area (Å²) in [6, 6.07) is 11.1. The first-order valence-electron chi connectivity index (χ1n) is 8.46. The molecule has 0 aliphatic heterocycles. The number of ether oxygens (including phenoxy) is 3. The van der Waals surface area contributed by atoms with E-state index >= 15 is 0 Å². The fourth-order valence-electron chi connectivity index (χ4n) is 2.61. The Balaban J connectivity index is 2.20. The summed E-state index contributed by atoms with van der Waals surface area (Å²) in [6.07, 6.45) is 0. The van der Waals surface area contributed by atoms with Gasteiger partial charge in [-0.25, -0.2) is 0 Å². The van der Waals surface area contributed by atoms with Crippen LogP contribution in [0, 0.1) is 0 Å². The Morgan fingerprint density at radius 3 is 2.27 bits per heavy atom. The molecule has 0 saturated carbocycles. The van der Waals surface area contributed by atoms with Crippen molar-refractivity contribution in [1.29, 1.82) is 0 Å². The number of amides is 1. The van der Waals surface area contributed by atoms with Crippen LogP contribution in [0.5, 0.6) is 17.2 Å². The molecule has 0 heterocycles. The SMILES string of the molecule is CCOc1ccc(CN(CC)C(=O)c2ccc(OC)c(Br)c2)cc1OC. The molecule has 0 bridgehead atoms. The van der Waals surface area contributed by atoms with Crippen LogP contribution in [0.4, 0.5) is 0 Å². The van der Waals surface area contributed by atoms with Gasteiger partial charge in [-0.2, -0.15) is 0 Å². The van der Waals surface area contributed by atoms with E-state index in [1.54, 1.807) is 37.3 Å². The Morgan fingerprint density at radius 2 is 1.69 bits per heavy atom. The lowest BCUT2D eigenvalue weighted by molar-refractivity contribution is 0.0752. The lowest BCUT2D eigenvalue weighted by Crippen LogP contribution is -2.30. The smallest absolute Gasteiger partial charge is 0.254 e. The molecule has 2 rings (SSSR count). The van der Waals surface area contributed by atoms with E-state index in [4.69, 9.17) is 14.2 Å². The van der Waals surface area contributed by atoms with Crippen molar-refractivity contribution in [2.75, 3.05) is 27.4 Å². The van der Waals surface area contributed by atoms with Crippen molar-refractivity contribution >= 4 is 21.8 Å². The number of hydrogen-bond donors (Lipinski definition) is 0. The van der Waals surface area contributed by atoms with Crippen molar-refractivity contribution in [3.63, 3.8) is 0 Å². The van der Waals surface area contributed by atoms with Crippen molar-refractivity contribution in [2.24, 2.45) is 0 Å². The molecular weight excluding hydrogens is 398 g/mol. The van der Waals surface area contributed by atoms with Crippen LogP contribution in [0.2, 0.25) is 0 Å². The third-order valence-electron chi connectivity index (χ3n) is 3.97. The molecule has 0 atom stereocenters. The molecular formula is C20H24BrNO4. The van der Waals surface area contributed by atoms with Crippen LogP contribution in [0.25, 0.3) is 0 Å². The van der Waals surface area contributed by atoms with Gasteiger partial charge in [0.25, 0.3) is 5.91 Å². The van der Waals surface area contributed by atoms with Crippen LogP contribution in [0.15, 0.2) is 40.9 Å². The number of benzene rings is 2. The molecule has 0 aliphatic rings. The van der Waals surface area contributed by atoms with Crippen molar-refractivity contribution in [1.82, 2.24) is 4.90 Å². The lowest BCUT2D eigenvalue weighted by Gasteiger charge is -2.22. The molecule has 26 heavy (non-hydrogen) atoms. The molecule has 0 unspecified atom stereocenters. The van der Waals surface area contributed by atoms with Crippen LogP contribution >= 0.6 is 15.9 Å². The zero-order chi connectivity index (χ0) is 19.1. The zero-order valence-electron chi connectivity index (χ0n) is 15.5. The van der Waals surface area contributed by atoms with Gasteiger partial charge in [0.15, 0.2) is 11.5 Å². The number of rotatable bonds is 8. The average molecular weight is 422 g/mol. The van der Waals surface area contributed by atoms with Gasteiger partial charge in [0.2, 0.25) is 0 Å². The van der Waals surface area contributed by atoms with Crippen molar-refractivity contribution in [3.8, 4) is 17.2 Å². The fraction of sp³-hybridized carbons (Fsp3) is 0.350. The number of halogens is 1. The molecule has 5 nitrogen and oxygen atoms in total. The van der Waals surface area contributed by atoms with E-state index in [1.165, 1.54) is 0 Å². The number of nitrogens with zero attached hydrogens (tertiary/aromatic N) is 1. The van der Waals surface area contributed by atoms with E-state index < -0.39 is 0 Å². The van der Waals surface area contributed by atoms with Gasteiger partial charge in [-0.3, -0.25) is 4.79 Å². The summed E-state index contributed by atoms with van der Waals surface area (Å²) < 4.78 is 16.9. The maximum atomic E-state index is 12.9. The first kappa shape index (κ1) is 20.1. The second-order valence-corrected chi connectivity index (χ2v) is 6.44. The van der Waals surface area contributed by atoms with Crippen LogP contribution in [-0.2, 0) is 6.54 Å². The Bertz CT molecular complexity index is 763. The van der Waals surface area contributed by atoms with E-state index in [2.05, 4.69) is 15.9 Å². The lowest BCUT2D eigenvalue weighted by atomic mass is 10.1. The maximum absolute atomic E-state index is 12.9. The van der Waals surface area contributed by atoms with Crippen LogP contribution < -0.4 is 14.2 Å². The number of hydrogen-bond acceptors (Lipinski definition) is 4. The molecule has 2 aromatic carbocycles. The Morgan fingerprint density at radius 1 is 1.00 bits per heavy atom. The highest BCUT2D eigenvalue weighted by Gasteiger charge is 2.17. The first-order valence-corrected chi connectivity index (χ1v) is 9.25. The minimum absolute atomic E-state index is 0.0382. The molecule has 140 valence electrons. The fourth-order valence-corrected chi connectivity index (χ4v) is 3.16. The van der Waals surface area contributed by atoms with E-state index in [0.29, 0.717) is 42.5 Å². The molecule has 0 N–H and O–H groups in total. The second kappa shape index (κ2) is 9.48. The number of carbonyl (C=O) groups is 1. The topological polar surface area (TPSA) is 48.0 Å². The average Bonchev–Trinajstić information content (AvgIpc) is 2.66. The summed E-state index contributed by atoms with van der Waals surface area (Å²) in [5.41, 5.74) is 1.59. The van der Waals surface area contributed by atoms with Crippen LogP contribution in [-0.4, -0.2) is 38.2 Å². The van der Waals surface area contributed by atoms with Gasteiger partial charge in [-0.1, -0.05) is 6.07 Å². The van der Waals surface area contributed by atoms with Gasteiger partial charge >= 0.3 is 0 Å². The predicted octanol–water partition coefficient (Wildman–Crippen LogP) is 4.53. The molecule has 0 aliphatic carbocycles. The first-order chi connectivity index (χ1) is 12.5. The third-order valence-corrected chi connectivity index (χ3v) is 4.59. The van der Waals surface area contributed by atoms with Gasteiger partial charge in [-0.15, -0.1) is 0 Å². The Labute approximate surface area is 163 Å². The van der Waals surface area contributed by atoms with Crippen LogP contribution in [0.1, 0.15) is 29.8 Å². The number of carbonyl (C=O) groups excluding carboxylic acids is 1. The summed E-state index contributed by atoms with van der Waals surface area (Å²) in [7, 11) is 3.21. The van der Waals surface area contributed by atoms with Crippen molar-refractivity contribution < 1.29 is 19.0 Å². The molecule has 0 aromatic heterocycles. The highest BCUT2D eigenvalue weighted by atomic mass is 79.9. The molecule has 0 radical (unpaired) electrons. The second-order valence-electron chi connectivity index (χ2n) is 5.59. The quantitative estimate of drug-likeness (QED) is 0.628. The van der Waals surface area contributed by atoms with Crippen LogP contribution in [0.3, 0.4) is 0 Å². The molecule has 1 amide bonds. The van der Waals surface area contributed by atoms with Gasteiger partial charge in [0.05, 0.1) is 25.3 Å². The largest absolute Gasteiger partial charge is 0.496 e. The van der Waals surface area contributed by atoms with Gasteiger partial charge < -0.3 is 19.1 Å². The summed E-state index contributed by atoms with van der Waals surface area (Å²) in [4.78, 5) is 14.6. The van der Waals surface area contributed by atoms with Gasteiger partial charge in [-0.05, 0) is 65.7 Å².